The highest BCUT2D eigenvalue weighted by Gasteiger charge is 2.01. The molecule has 2 aromatic rings. The summed E-state index contributed by atoms with van der Waals surface area (Å²) in [5, 5.41) is 8.49. The highest BCUT2D eigenvalue weighted by molar-refractivity contribution is 5.77. The topological polar surface area (TPSA) is 49.3 Å². The Morgan fingerprint density at radius 2 is 1.33 bits per heavy atom. The molecule has 0 aliphatic carbocycles. The van der Waals surface area contributed by atoms with Gasteiger partial charge in [-0.05, 0) is 42.4 Å². The molecular weight excluding hydrogens is 262 g/mol. The molecule has 1 amide bonds. The number of benzene rings is 2. The number of nitrogens with one attached hydrogen (secondary N) is 1. The standard InChI is InChI=1S/C18H21NO2/c20-18(19-21)14-17-12-10-16(11-13-17)9-5-4-8-15-6-2-1-3-7-15/h1-3,6-7,10-13,21H,4-5,8-9,14H2,(H,19,20). The summed E-state index contributed by atoms with van der Waals surface area (Å²) in [6.45, 7) is 0. The fourth-order valence-corrected chi connectivity index (χ4v) is 2.35. The largest absolute Gasteiger partial charge is 0.289 e. The first kappa shape index (κ1) is 15.3. The molecule has 0 radical (unpaired) electrons. The molecule has 0 fully saturated rings. The van der Waals surface area contributed by atoms with E-state index in [9.17, 15) is 4.79 Å². The first-order valence-electron chi connectivity index (χ1n) is 7.32. The molecule has 110 valence electrons. The molecule has 3 nitrogen and oxygen atoms in total. The van der Waals surface area contributed by atoms with Crippen molar-refractivity contribution in [1.29, 1.82) is 0 Å². The minimum atomic E-state index is -0.384. The van der Waals surface area contributed by atoms with Gasteiger partial charge in [0.15, 0.2) is 0 Å². The predicted molar refractivity (Wildman–Crippen MR) is 83.2 cm³/mol. The number of hydroxylamine groups is 1. The molecule has 0 saturated carbocycles. The molecule has 0 spiro atoms. The number of hydrogen-bond acceptors (Lipinski definition) is 2. The number of amides is 1. The van der Waals surface area contributed by atoms with Crippen molar-refractivity contribution in [2.75, 3.05) is 0 Å². The second-order valence-electron chi connectivity index (χ2n) is 5.22. The van der Waals surface area contributed by atoms with E-state index in [4.69, 9.17) is 5.21 Å². The minimum Gasteiger partial charge on any atom is -0.289 e. The van der Waals surface area contributed by atoms with Crippen molar-refractivity contribution in [2.45, 2.75) is 32.1 Å². The third kappa shape index (κ3) is 5.40. The van der Waals surface area contributed by atoms with E-state index in [2.05, 4.69) is 36.4 Å². The van der Waals surface area contributed by atoms with Crippen LogP contribution in [0.5, 0.6) is 0 Å². The Labute approximate surface area is 125 Å². The van der Waals surface area contributed by atoms with Gasteiger partial charge in [0.05, 0.1) is 6.42 Å². The Morgan fingerprint density at radius 3 is 1.90 bits per heavy atom. The first-order valence-corrected chi connectivity index (χ1v) is 7.32. The summed E-state index contributed by atoms with van der Waals surface area (Å²) in [6, 6.07) is 18.5. The number of carbonyl (C=O) groups excluding carboxylic acids is 1. The molecular formula is C18H21NO2. The van der Waals surface area contributed by atoms with E-state index in [0.717, 1.165) is 24.8 Å². The highest BCUT2D eigenvalue weighted by Crippen LogP contribution is 2.11. The summed E-state index contributed by atoms with van der Waals surface area (Å²) in [4.78, 5) is 11.1. The van der Waals surface area contributed by atoms with Crippen LogP contribution in [0.15, 0.2) is 54.6 Å². The number of hydrogen-bond donors (Lipinski definition) is 2. The van der Waals surface area contributed by atoms with Gasteiger partial charge in [0.2, 0.25) is 5.91 Å². The lowest BCUT2D eigenvalue weighted by molar-refractivity contribution is -0.128. The lowest BCUT2D eigenvalue weighted by Gasteiger charge is -2.04. The molecule has 21 heavy (non-hydrogen) atoms. The van der Waals surface area contributed by atoms with Gasteiger partial charge in [0.25, 0.3) is 0 Å². The average Bonchev–Trinajstić information content (AvgIpc) is 2.54. The summed E-state index contributed by atoms with van der Waals surface area (Å²) in [7, 11) is 0. The SMILES string of the molecule is O=C(Cc1ccc(CCCCc2ccccc2)cc1)NO. The van der Waals surface area contributed by atoms with Crippen LogP contribution in [-0.2, 0) is 24.1 Å². The van der Waals surface area contributed by atoms with Crippen LogP contribution < -0.4 is 5.48 Å². The van der Waals surface area contributed by atoms with Crippen molar-refractivity contribution >= 4 is 5.91 Å². The van der Waals surface area contributed by atoms with E-state index in [1.165, 1.54) is 17.5 Å². The number of unbranched alkanes of at least 4 members (excludes halogenated alkanes) is 1. The van der Waals surface area contributed by atoms with E-state index in [1.807, 2.05) is 18.2 Å². The first-order chi connectivity index (χ1) is 10.3. The predicted octanol–water partition coefficient (Wildman–Crippen LogP) is 3.30. The molecule has 0 atom stereocenters. The van der Waals surface area contributed by atoms with E-state index in [0.29, 0.717) is 0 Å². The minimum absolute atomic E-state index is 0.213. The van der Waals surface area contributed by atoms with Gasteiger partial charge in [0.1, 0.15) is 0 Å². The number of aryl methyl sites for hydroxylation is 2. The van der Waals surface area contributed by atoms with Crippen LogP contribution in [-0.4, -0.2) is 11.1 Å². The van der Waals surface area contributed by atoms with Crippen LogP contribution in [0.2, 0.25) is 0 Å². The smallest absolute Gasteiger partial charge is 0.247 e. The van der Waals surface area contributed by atoms with E-state index in [-0.39, 0.29) is 12.3 Å². The maximum Gasteiger partial charge on any atom is 0.247 e. The molecule has 0 saturated heterocycles. The van der Waals surface area contributed by atoms with Gasteiger partial charge in [-0.15, -0.1) is 0 Å². The van der Waals surface area contributed by atoms with E-state index < -0.39 is 0 Å². The molecule has 0 bridgehead atoms. The quantitative estimate of drug-likeness (QED) is 0.465. The average molecular weight is 283 g/mol. The molecule has 0 aliphatic heterocycles. The van der Waals surface area contributed by atoms with Crippen molar-refractivity contribution < 1.29 is 10.0 Å². The van der Waals surface area contributed by atoms with Crippen LogP contribution in [0, 0.1) is 0 Å². The number of rotatable bonds is 7. The zero-order valence-electron chi connectivity index (χ0n) is 12.1. The molecule has 2 aromatic carbocycles. The van der Waals surface area contributed by atoms with E-state index in [1.54, 1.807) is 5.48 Å². The fraction of sp³-hybridized carbons (Fsp3) is 0.278. The summed E-state index contributed by atoms with van der Waals surface area (Å²) in [5.74, 6) is -0.384. The second-order valence-corrected chi connectivity index (χ2v) is 5.22. The third-order valence-corrected chi connectivity index (χ3v) is 3.54. The van der Waals surface area contributed by atoms with Gasteiger partial charge in [-0.1, -0.05) is 54.6 Å². The van der Waals surface area contributed by atoms with Gasteiger partial charge in [-0.3, -0.25) is 10.0 Å². The summed E-state index contributed by atoms with van der Waals surface area (Å²) >= 11 is 0. The van der Waals surface area contributed by atoms with E-state index >= 15 is 0 Å². The summed E-state index contributed by atoms with van der Waals surface area (Å²) < 4.78 is 0. The lowest BCUT2D eigenvalue weighted by atomic mass is 10.0. The van der Waals surface area contributed by atoms with Gasteiger partial charge in [-0.25, -0.2) is 5.48 Å². The molecule has 0 unspecified atom stereocenters. The Hall–Kier alpha value is -2.13. The Kier molecular flexibility index (Phi) is 5.98. The van der Waals surface area contributed by atoms with Crippen LogP contribution in [0.1, 0.15) is 29.5 Å². The fourth-order valence-electron chi connectivity index (χ4n) is 2.35. The van der Waals surface area contributed by atoms with Crippen molar-refractivity contribution in [2.24, 2.45) is 0 Å². The van der Waals surface area contributed by atoms with Gasteiger partial charge in [0, 0.05) is 0 Å². The maximum atomic E-state index is 11.1. The monoisotopic (exact) mass is 283 g/mol. The van der Waals surface area contributed by atoms with Crippen LogP contribution in [0.3, 0.4) is 0 Å². The van der Waals surface area contributed by atoms with Gasteiger partial charge in [-0.2, -0.15) is 0 Å². The molecule has 2 N–H and O–H groups in total. The van der Waals surface area contributed by atoms with Gasteiger partial charge < -0.3 is 0 Å². The third-order valence-electron chi connectivity index (χ3n) is 3.54. The van der Waals surface area contributed by atoms with Crippen LogP contribution >= 0.6 is 0 Å². The summed E-state index contributed by atoms with van der Waals surface area (Å²) in [6.07, 6.45) is 4.73. The second kappa shape index (κ2) is 8.22. The van der Waals surface area contributed by atoms with Gasteiger partial charge >= 0.3 is 0 Å². The Bertz CT molecular complexity index is 549. The molecule has 2 rings (SSSR count). The van der Waals surface area contributed by atoms with Crippen LogP contribution in [0.4, 0.5) is 0 Å². The zero-order valence-corrected chi connectivity index (χ0v) is 12.1. The van der Waals surface area contributed by atoms with Crippen molar-refractivity contribution in [1.82, 2.24) is 5.48 Å². The van der Waals surface area contributed by atoms with Crippen molar-refractivity contribution in [3.8, 4) is 0 Å². The molecule has 0 heterocycles. The Morgan fingerprint density at radius 1 is 0.810 bits per heavy atom. The zero-order chi connectivity index (χ0) is 14.9. The normalized spacial score (nSPS) is 10.3. The highest BCUT2D eigenvalue weighted by atomic mass is 16.5. The maximum absolute atomic E-state index is 11.1. The number of carbonyl (C=O) groups is 1. The Balaban J connectivity index is 1.72. The van der Waals surface area contributed by atoms with Crippen LogP contribution in [0.25, 0.3) is 0 Å². The molecule has 3 heteroatoms. The molecule has 0 aromatic heterocycles. The molecule has 0 aliphatic rings. The lowest BCUT2D eigenvalue weighted by Crippen LogP contribution is -2.20. The van der Waals surface area contributed by atoms with Crippen molar-refractivity contribution in [3.05, 3.63) is 71.3 Å². The summed E-state index contributed by atoms with van der Waals surface area (Å²) in [5.41, 5.74) is 5.24. The van der Waals surface area contributed by atoms with Crippen molar-refractivity contribution in [3.63, 3.8) is 0 Å².